The molecule has 100 valence electrons. The van der Waals surface area contributed by atoms with Crippen molar-refractivity contribution in [2.45, 2.75) is 38.6 Å². The summed E-state index contributed by atoms with van der Waals surface area (Å²) in [5.41, 5.74) is 5.70. The predicted octanol–water partition coefficient (Wildman–Crippen LogP) is 0.818. The smallest absolute Gasteiger partial charge is 0.223 e. The van der Waals surface area contributed by atoms with Crippen LogP contribution in [0, 0.1) is 11.8 Å². The van der Waals surface area contributed by atoms with Crippen molar-refractivity contribution in [1.29, 1.82) is 0 Å². The van der Waals surface area contributed by atoms with E-state index < -0.39 is 0 Å². The largest absolute Gasteiger partial charge is 0.354 e. The number of carbonyl (C=O) groups is 1. The number of carbonyl (C=O) groups excluding carboxylic acids is 1. The van der Waals surface area contributed by atoms with Crippen LogP contribution in [0.4, 0.5) is 0 Å². The number of likely N-dealkylation sites (N-methyl/N-ethyl adjacent to an activating group) is 1. The van der Waals surface area contributed by atoms with Crippen molar-refractivity contribution in [3.8, 4) is 0 Å². The van der Waals surface area contributed by atoms with E-state index >= 15 is 0 Å². The van der Waals surface area contributed by atoms with Gasteiger partial charge in [-0.05, 0) is 53.2 Å². The van der Waals surface area contributed by atoms with Crippen LogP contribution in [0.15, 0.2) is 0 Å². The fourth-order valence-electron chi connectivity index (χ4n) is 2.26. The Labute approximate surface area is 105 Å². The van der Waals surface area contributed by atoms with Crippen molar-refractivity contribution < 1.29 is 4.79 Å². The molecule has 1 rings (SSSR count). The number of hydrogen-bond donors (Lipinski definition) is 2. The second kappa shape index (κ2) is 5.83. The van der Waals surface area contributed by atoms with Crippen molar-refractivity contribution in [3.05, 3.63) is 0 Å². The normalized spacial score (nSPS) is 25.3. The van der Waals surface area contributed by atoms with E-state index in [1.54, 1.807) is 0 Å². The van der Waals surface area contributed by atoms with E-state index in [2.05, 4.69) is 24.1 Å². The van der Waals surface area contributed by atoms with E-state index in [9.17, 15) is 4.79 Å². The lowest BCUT2D eigenvalue weighted by atomic mass is 9.95. The van der Waals surface area contributed by atoms with Gasteiger partial charge in [0, 0.05) is 18.0 Å². The highest BCUT2D eigenvalue weighted by atomic mass is 16.1. The van der Waals surface area contributed by atoms with Gasteiger partial charge >= 0.3 is 0 Å². The summed E-state index contributed by atoms with van der Waals surface area (Å²) in [7, 11) is 4.06. The summed E-state index contributed by atoms with van der Waals surface area (Å²) in [5.74, 6) is 0.711. The van der Waals surface area contributed by atoms with Gasteiger partial charge in [0.05, 0.1) is 0 Å². The Kier molecular flexibility index (Phi) is 4.95. The van der Waals surface area contributed by atoms with Gasteiger partial charge in [0.2, 0.25) is 5.91 Å². The minimum absolute atomic E-state index is 0.00746. The molecule has 4 nitrogen and oxygen atoms in total. The van der Waals surface area contributed by atoms with E-state index in [0.717, 1.165) is 19.3 Å². The van der Waals surface area contributed by atoms with Gasteiger partial charge in [0.1, 0.15) is 0 Å². The van der Waals surface area contributed by atoms with E-state index in [4.69, 9.17) is 5.73 Å². The Morgan fingerprint density at radius 2 is 2.06 bits per heavy atom. The fourth-order valence-corrected chi connectivity index (χ4v) is 2.26. The third-order valence-electron chi connectivity index (χ3n) is 4.20. The number of amides is 1. The maximum absolute atomic E-state index is 12.1. The second-order valence-corrected chi connectivity index (χ2v) is 5.96. The molecule has 0 aromatic heterocycles. The van der Waals surface area contributed by atoms with Crippen molar-refractivity contribution >= 4 is 5.91 Å². The average molecular weight is 241 g/mol. The van der Waals surface area contributed by atoms with Gasteiger partial charge in [-0.25, -0.2) is 0 Å². The van der Waals surface area contributed by atoms with Crippen LogP contribution in [-0.4, -0.2) is 43.5 Å². The number of nitrogens with zero attached hydrogens (tertiary/aromatic N) is 1. The summed E-state index contributed by atoms with van der Waals surface area (Å²) in [6, 6.07) is 0. The molecule has 3 N–H and O–H groups in total. The summed E-state index contributed by atoms with van der Waals surface area (Å²) in [5, 5.41) is 3.07. The molecule has 0 radical (unpaired) electrons. The standard InChI is InChI=1S/C13H27N3O/c1-13(2,16(3)4)9-15-12(17)11-7-5-6-10(11)8-14/h10-11H,5-9,14H2,1-4H3,(H,15,17)/t10-,11-/m1/s1. The van der Waals surface area contributed by atoms with Gasteiger partial charge in [-0.3, -0.25) is 4.79 Å². The van der Waals surface area contributed by atoms with Crippen LogP contribution in [0.3, 0.4) is 0 Å². The monoisotopic (exact) mass is 241 g/mol. The summed E-state index contributed by atoms with van der Waals surface area (Å²) >= 11 is 0. The number of nitrogens with two attached hydrogens (primary N) is 1. The Morgan fingerprint density at radius 3 is 2.59 bits per heavy atom. The summed E-state index contributed by atoms with van der Waals surface area (Å²) in [6.45, 7) is 5.58. The van der Waals surface area contributed by atoms with Crippen LogP contribution in [0.25, 0.3) is 0 Å². The lowest BCUT2D eigenvalue weighted by molar-refractivity contribution is -0.126. The molecule has 0 spiro atoms. The molecule has 1 amide bonds. The molecule has 0 unspecified atom stereocenters. The molecule has 1 aliphatic carbocycles. The summed E-state index contributed by atoms with van der Waals surface area (Å²) in [4.78, 5) is 14.2. The van der Waals surface area contributed by atoms with Gasteiger partial charge in [0.15, 0.2) is 0 Å². The molecular weight excluding hydrogens is 214 g/mol. The lowest BCUT2D eigenvalue weighted by Crippen LogP contribution is -2.49. The Balaban J connectivity index is 2.44. The first-order valence-corrected chi connectivity index (χ1v) is 6.53. The zero-order valence-corrected chi connectivity index (χ0v) is 11.6. The lowest BCUT2D eigenvalue weighted by Gasteiger charge is -2.33. The zero-order chi connectivity index (χ0) is 13.1. The molecule has 17 heavy (non-hydrogen) atoms. The van der Waals surface area contributed by atoms with Crippen LogP contribution in [0.2, 0.25) is 0 Å². The molecule has 0 heterocycles. The molecule has 0 aromatic rings. The Bertz CT molecular complexity index is 263. The molecule has 0 saturated heterocycles. The first kappa shape index (κ1) is 14.5. The maximum atomic E-state index is 12.1. The highest BCUT2D eigenvalue weighted by Crippen LogP contribution is 2.31. The topological polar surface area (TPSA) is 58.4 Å². The van der Waals surface area contributed by atoms with E-state index in [0.29, 0.717) is 19.0 Å². The second-order valence-electron chi connectivity index (χ2n) is 5.96. The van der Waals surface area contributed by atoms with Gasteiger partial charge in [-0.15, -0.1) is 0 Å². The molecule has 4 heteroatoms. The third-order valence-corrected chi connectivity index (χ3v) is 4.20. The Morgan fingerprint density at radius 1 is 1.41 bits per heavy atom. The minimum atomic E-state index is -0.00746. The summed E-state index contributed by atoms with van der Waals surface area (Å²) in [6.07, 6.45) is 3.23. The van der Waals surface area contributed by atoms with E-state index in [1.165, 1.54) is 0 Å². The summed E-state index contributed by atoms with van der Waals surface area (Å²) < 4.78 is 0. The molecule has 0 bridgehead atoms. The molecule has 0 aromatic carbocycles. The molecule has 1 saturated carbocycles. The van der Waals surface area contributed by atoms with Crippen LogP contribution >= 0.6 is 0 Å². The zero-order valence-electron chi connectivity index (χ0n) is 11.6. The van der Waals surface area contributed by atoms with Crippen molar-refractivity contribution in [1.82, 2.24) is 10.2 Å². The van der Waals surface area contributed by atoms with Crippen LogP contribution in [0.5, 0.6) is 0 Å². The average Bonchev–Trinajstić information content (AvgIpc) is 2.73. The molecule has 0 aliphatic heterocycles. The highest BCUT2D eigenvalue weighted by Gasteiger charge is 2.32. The van der Waals surface area contributed by atoms with Crippen LogP contribution in [0.1, 0.15) is 33.1 Å². The number of rotatable bonds is 5. The van der Waals surface area contributed by atoms with E-state index in [1.807, 2.05) is 14.1 Å². The minimum Gasteiger partial charge on any atom is -0.354 e. The highest BCUT2D eigenvalue weighted by molar-refractivity contribution is 5.79. The van der Waals surface area contributed by atoms with Crippen LogP contribution in [-0.2, 0) is 4.79 Å². The third kappa shape index (κ3) is 3.68. The van der Waals surface area contributed by atoms with Crippen molar-refractivity contribution in [2.75, 3.05) is 27.2 Å². The number of hydrogen-bond acceptors (Lipinski definition) is 3. The SMILES string of the molecule is CN(C)C(C)(C)CNC(=O)[C@@H]1CCC[C@@H]1CN. The maximum Gasteiger partial charge on any atom is 0.223 e. The first-order chi connectivity index (χ1) is 7.88. The quantitative estimate of drug-likeness (QED) is 0.749. The van der Waals surface area contributed by atoms with Gasteiger partial charge in [0.25, 0.3) is 0 Å². The molecule has 1 aliphatic rings. The van der Waals surface area contributed by atoms with E-state index in [-0.39, 0.29) is 17.4 Å². The van der Waals surface area contributed by atoms with Gasteiger partial charge in [-0.1, -0.05) is 6.42 Å². The fraction of sp³-hybridized carbons (Fsp3) is 0.923. The predicted molar refractivity (Wildman–Crippen MR) is 70.7 cm³/mol. The first-order valence-electron chi connectivity index (χ1n) is 6.53. The van der Waals surface area contributed by atoms with Crippen molar-refractivity contribution in [3.63, 3.8) is 0 Å². The van der Waals surface area contributed by atoms with Crippen LogP contribution < -0.4 is 11.1 Å². The van der Waals surface area contributed by atoms with Gasteiger partial charge in [-0.2, -0.15) is 0 Å². The van der Waals surface area contributed by atoms with Crippen molar-refractivity contribution in [2.24, 2.45) is 17.6 Å². The molecular formula is C13H27N3O. The number of nitrogens with one attached hydrogen (secondary N) is 1. The molecule has 1 fully saturated rings. The Hall–Kier alpha value is -0.610. The van der Waals surface area contributed by atoms with Gasteiger partial charge < -0.3 is 16.0 Å². The molecule has 2 atom stereocenters.